The second-order valence-corrected chi connectivity index (χ2v) is 6.14. The van der Waals surface area contributed by atoms with E-state index in [0.717, 1.165) is 56.4 Å². The summed E-state index contributed by atoms with van der Waals surface area (Å²) < 4.78 is 12.9. The fourth-order valence-electron chi connectivity index (χ4n) is 2.87. The molecule has 0 spiro atoms. The Morgan fingerprint density at radius 2 is 2.22 bits per heavy atom. The molecule has 3 rings (SSSR count). The van der Waals surface area contributed by atoms with Gasteiger partial charge in [-0.25, -0.2) is 4.68 Å². The Hall–Kier alpha value is -1.65. The minimum absolute atomic E-state index is 0. The fraction of sp³-hybridized carbons (Fsp3) is 0.474. The maximum absolute atomic E-state index is 5.77. The lowest BCUT2D eigenvalue weighted by Crippen LogP contribution is -2.37. The minimum atomic E-state index is 0. The summed E-state index contributed by atoms with van der Waals surface area (Å²) in [6.45, 7) is 3.77. The first-order valence-corrected chi connectivity index (χ1v) is 9.08. The Labute approximate surface area is 177 Å². The fourth-order valence-corrected chi connectivity index (χ4v) is 2.87. The van der Waals surface area contributed by atoms with E-state index in [1.54, 1.807) is 13.2 Å². The van der Waals surface area contributed by atoms with Crippen LogP contribution < -0.4 is 10.6 Å². The van der Waals surface area contributed by atoms with Crippen molar-refractivity contribution in [1.29, 1.82) is 0 Å². The topological polar surface area (TPSA) is 72.7 Å². The molecular formula is C19H28IN5O2. The minimum Gasteiger partial charge on any atom is -0.379 e. The Bertz CT molecular complexity index is 687. The van der Waals surface area contributed by atoms with Crippen molar-refractivity contribution >= 4 is 29.9 Å². The number of nitrogens with one attached hydrogen (secondary N) is 2. The molecule has 0 radical (unpaired) electrons. The van der Waals surface area contributed by atoms with Gasteiger partial charge in [-0.1, -0.05) is 18.2 Å². The van der Waals surface area contributed by atoms with Crippen LogP contribution >= 0.6 is 24.0 Å². The lowest BCUT2D eigenvalue weighted by atomic mass is 10.2. The number of benzene rings is 1. The third kappa shape index (κ3) is 6.78. The Kier molecular flexibility index (Phi) is 9.57. The summed E-state index contributed by atoms with van der Waals surface area (Å²) >= 11 is 0. The van der Waals surface area contributed by atoms with Gasteiger partial charge < -0.3 is 20.1 Å². The maximum Gasteiger partial charge on any atom is 0.191 e. The highest BCUT2D eigenvalue weighted by Crippen LogP contribution is 2.13. The largest absolute Gasteiger partial charge is 0.379 e. The Morgan fingerprint density at radius 1 is 1.33 bits per heavy atom. The van der Waals surface area contributed by atoms with Crippen LogP contribution in [-0.2, 0) is 16.0 Å². The van der Waals surface area contributed by atoms with Crippen molar-refractivity contribution in [3.63, 3.8) is 0 Å². The zero-order valence-corrected chi connectivity index (χ0v) is 18.0. The molecule has 27 heavy (non-hydrogen) atoms. The van der Waals surface area contributed by atoms with Crippen molar-refractivity contribution in [1.82, 2.24) is 20.4 Å². The highest BCUT2D eigenvalue weighted by atomic mass is 127. The van der Waals surface area contributed by atoms with Crippen LogP contribution in [0.15, 0.2) is 47.7 Å². The summed E-state index contributed by atoms with van der Waals surface area (Å²) in [5.74, 6) is 0.782. The van der Waals surface area contributed by atoms with Crippen molar-refractivity contribution < 1.29 is 9.47 Å². The van der Waals surface area contributed by atoms with E-state index in [9.17, 15) is 0 Å². The van der Waals surface area contributed by atoms with Gasteiger partial charge in [0.05, 0.1) is 18.4 Å². The first-order valence-electron chi connectivity index (χ1n) is 9.08. The molecule has 1 fully saturated rings. The van der Waals surface area contributed by atoms with Crippen molar-refractivity contribution in [2.75, 3.05) is 33.4 Å². The molecule has 1 aliphatic rings. The van der Waals surface area contributed by atoms with Crippen molar-refractivity contribution in [2.24, 2.45) is 4.99 Å². The van der Waals surface area contributed by atoms with E-state index in [1.165, 1.54) is 0 Å². The second-order valence-electron chi connectivity index (χ2n) is 6.14. The number of nitrogens with zero attached hydrogens (tertiary/aromatic N) is 3. The van der Waals surface area contributed by atoms with Gasteiger partial charge in [-0.15, -0.1) is 24.0 Å². The van der Waals surface area contributed by atoms with Crippen LogP contribution in [0.4, 0.5) is 0 Å². The van der Waals surface area contributed by atoms with Gasteiger partial charge in [0, 0.05) is 45.7 Å². The Balaban J connectivity index is 0.00000261. The molecule has 0 bridgehead atoms. The number of aromatic nitrogens is 2. The van der Waals surface area contributed by atoms with E-state index in [-0.39, 0.29) is 30.1 Å². The number of ether oxygens (including phenoxy) is 2. The molecule has 7 nitrogen and oxygen atoms in total. The average Bonchev–Trinajstić information content (AvgIpc) is 3.38. The number of aliphatic imine (C=N–C) groups is 1. The summed E-state index contributed by atoms with van der Waals surface area (Å²) in [6.07, 6.45) is 5.94. The van der Waals surface area contributed by atoms with Gasteiger partial charge >= 0.3 is 0 Å². The van der Waals surface area contributed by atoms with Gasteiger partial charge in [-0.05, 0) is 30.5 Å². The van der Waals surface area contributed by atoms with Crippen LogP contribution in [0.3, 0.4) is 0 Å². The molecule has 1 saturated heterocycles. The van der Waals surface area contributed by atoms with Gasteiger partial charge in [0.15, 0.2) is 5.96 Å². The monoisotopic (exact) mass is 485 g/mol. The molecule has 1 atom stereocenters. The van der Waals surface area contributed by atoms with Gasteiger partial charge in [-0.3, -0.25) is 4.99 Å². The van der Waals surface area contributed by atoms with Gasteiger partial charge in [-0.2, -0.15) is 5.10 Å². The molecule has 8 heteroatoms. The molecule has 1 aromatic heterocycles. The number of para-hydroxylation sites is 1. The van der Waals surface area contributed by atoms with Crippen LogP contribution in [0.25, 0.3) is 5.69 Å². The van der Waals surface area contributed by atoms with Crippen LogP contribution in [0.1, 0.15) is 18.4 Å². The maximum atomic E-state index is 5.77. The highest BCUT2D eigenvalue weighted by molar-refractivity contribution is 14.0. The Morgan fingerprint density at radius 3 is 2.96 bits per heavy atom. The summed E-state index contributed by atoms with van der Waals surface area (Å²) in [5, 5.41) is 11.0. The van der Waals surface area contributed by atoms with E-state index >= 15 is 0 Å². The number of hydrogen-bond acceptors (Lipinski definition) is 4. The van der Waals surface area contributed by atoms with Gasteiger partial charge in [0.2, 0.25) is 0 Å². The molecule has 0 aliphatic carbocycles. The van der Waals surface area contributed by atoms with Crippen molar-refractivity contribution in [3.05, 3.63) is 48.3 Å². The predicted octanol–water partition coefficient (Wildman–Crippen LogP) is 2.35. The highest BCUT2D eigenvalue weighted by Gasteiger charge is 2.15. The molecule has 2 N–H and O–H groups in total. The molecule has 0 saturated carbocycles. The van der Waals surface area contributed by atoms with Crippen molar-refractivity contribution in [3.8, 4) is 5.69 Å². The molecule has 2 heterocycles. The average molecular weight is 485 g/mol. The smallest absolute Gasteiger partial charge is 0.191 e. The third-order valence-corrected chi connectivity index (χ3v) is 4.27. The van der Waals surface area contributed by atoms with E-state index in [1.807, 2.05) is 29.1 Å². The molecule has 148 valence electrons. The summed E-state index contributed by atoms with van der Waals surface area (Å²) in [4.78, 5) is 4.28. The lowest BCUT2D eigenvalue weighted by molar-refractivity contribution is 0.0420. The standard InChI is InChI=1S/C19H27N5O2.HI/c1-20-19(21-9-5-12-26-17-8-13-25-15-17)22-14-16-6-2-3-7-18(16)24-11-4-10-23-24;/h2-4,6-7,10-11,17H,5,8-9,12-15H2,1H3,(H2,20,21,22);1H. The van der Waals surface area contributed by atoms with Crippen LogP contribution in [0.2, 0.25) is 0 Å². The number of hydrogen-bond donors (Lipinski definition) is 2. The second kappa shape index (κ2) is 11.9. The zero-order valence-electron chi connectivity index (χ0n) is 15.6. The predicted molar refractivity (Wildman–Crippen MR) is 117 cm³/mol. The lowest BCUT2D eigenvalue weighted by Gasteiger charge is -2.15. The van der Waals surface area contributed by atoms with Crippen molar-refractivity contribution in [2.45, 2.75) is 25.5 Å². The van der Waals surface area contributed by atoms with Crippen LogP contribution in [0, 0.1) is 0 Å². The SMILES string of the molecule is CN=C(NCCCOC1CCOC1)NCc1ccccc1-n1cccn1.I. The molecule has 0 amide bonds. The van der Waals surface area contributed by atoms with E-state index < -0.39 is 0 Å². The zero-order chi connectivity index (χ0) is 18.0. The third-order valence-electron chi connectivity index (χ3n) is 4.27. The molecule has 1 aromatic carbocycles. The molecular weight excluding hydrogens is 457 g/mol. The first kappa shape index (κ1) is 21.6. The number of guanidine groups is 1. The van der Waals surface area contributed by atoms with Crippen LogP contribution in [-0.4, -0.2) is 55.3 Å². The number of rotatable bonds is 8. The molecule has 1 unspecified atom stereocenters. The summed E-state index contributed by atoms with van der Waals surface area (Å²) in [6, 6.07) is 10.1. The van der Waals surface area contributed by atoms with Gasteiger partial charge in [0.1, 0.15) is 0 Å². The first-order chi connectivity index (χ1) is 12.9. The number of halogens is 1. The quantitative estimate of drug-likeness (QED) is 0.260. The molecule has 2 aromatic rings. The van der Waals surface area contributed by atoms with Gasteiger partial charge in [0.25, 0.3) is 0 Å². The molecule has 1 aliphatic heterocycles. The normalized spacial score (nSPS) is 16.8. The van der Waals surface area contributed by atoms with Crippen LogP contribution in [0.5, 0.6) is 0 Å². The summed E-state index contributed by atoms with van der Waals surface area (Å²) in [5.41, 5.74) is 2.22. The van der Waals surface area contributed by atoms with E-state index in [0.29, 0.717) is 6.54 Å². The van der Waals surface area contributed by atoms with E-state index in [2.05, 4.69) is 32.9 Å². The van der Waals surface area contributed by atoms with E-state index in [4.69, 9.17) is 9.47 Å². The summed E-state index contributed by atoms with van der Waals surface area (Å²) in [7, 11) is 1.78.